The van der Waals surface area contributed by atoms with Crippen molar-refractivity contribution in [1.82, 2.24) is 0 Å². The van der Waals surface area contributed by atoms with Gasteiger partial charge in [0.2, 0.25) is 0 Å². The summed E-state index contributed by atoms with van der Waals surface area (Å²) in [6, 6.07) is 10.9. The summed E-state index contributed by atoms with van der Waals surface area (Å²) in [4.78, 5) is 0. The molecule has 0 bridgehead atoms. The molecule has 1 heteroatoms. The molecule has 0 N–H and O–H groups in total. The molecule has 0 aliphatic heterocycles. The maximum absolute atomic E-state index is 3.78. The van der Waals surface area contributed by atoms with Gasteiger partial charge in [-0.2, -0.15) is 0 Å². The lowest BCUT2D eigenvalue weighted by Gasteiger charge is -2.07. The second-order valence-corrected chi connectivity index (χ2v) is 5.50. The van der Waals surface area contributed by atoms with Crippen molar-refractivity contribution >= 4 is 32.8 Å². The van der Waals surface area contributed by atoms with Gasteiger partial charge in [-0.05, 0) is 56.7 Å². The molecule has 0 saturated heterocycles. The fourth-order valence-corrected chi connectivity index (χ4v) is 3.38. The summed E-state index contributed by atoms with van der Waals surface area (Å²) in [7, 11) is 0. The molecular formula is C16H15Br. The normalized spacial score (nSPS) is 13.9. The zero-order valence-electron chi connectivity index (χ0n) is 9.96. The standard InChI is InChI=1S/C16H15Br/c1-2-5-11-8-13-10-12-6-3-4-7-14(12)16(17)15(13)9-11/h3-4,6-8,10H,2,5,9H2,1H3. The van der Waals surface area contributed by atoms with Crippen LogP contribution < -0.4 is 0 Å². The first-order chi connectivity index (χ1) is 8.29. The molecule has 0 spiro atoms. The molecule has 0 atom stereocenters. The van der Waals surface area contributed by atoms with Crippen LogP contribution in [0.25, 0.3) is 16.8 Å². The van der Waals surface area contributed by atoms with Gasteiger partial charge >= 0.3 is 0 Å². The van der Waals surface area contributed by atoms with Gasteiger partial charge < -0.3 is 0 Å². The Hall–Kier alpha value is -1.08. The van der Waals surface area contributed by atoms with Crippen LogP contribution in [-0.4, -0.2) is 0 Å². The molecule has 2 aromatic carbocycles. The van der Waals surface area contributed by atoms with Crippen LogP contribution in [0, 0.1) is 0 Å². The number of halogens is 1. The third-order valence-electron chi connectivity index (χ3n) is 3.46. The van der Waals surface area contributed by atoms with Gasteiger partial charge in [0.1, 0.15) is 0 Å². The number of hydrogen-bond acceptors (Lipinski definition) is 0. The summed E-state index contributed by atoms with van der Waals surface area (Å²) in [6.45, 7) is 2.25. The number of fused-ring (bicyclic) bond motifs is 2. The molecule has 0 fully saturated rings. The highest BCUT2D eigenvalue weighted by Gasteiger charge is 2.16. The first-order valence-electron chi connectivity index (χ1n) is 6.19. The molecule has 86 valence electrons. The Kier molecular flexibility index (Phi) is 2.79. The van der Waals surface area contributed by atoms with E-state index in [0.717, 1.165) is 6.42 Å². The molecule has 1 aliphatic carbocycles. The predicted octanol–water partition coefficient (Wildman–Crippen LogP) is 5.34. The maximum atomic E-state index is 3.78. The minimum atomic E-state index is 1.12. The van der Waals surface area contributed by atoms with Crippen LogP contribution in [0.5, 0.6) is 0 Å². The summed E-state index contributed by atoms with van der Waals surface area (Å²) in [5.74, 6) is 0. The Morgan fingerprint density at radius 2 is 2.06 bits per heavy atom. The second kappa shape index (κ2) is 4.30. The summed E-state index contributed by atoms with van der Waals surface area (Å²) in [6.07, 6.45) is 5.94. The molecule has 0 radical (unpaired) electrons. The van der Waals surface area contributed by atoms with Gasteiger partial charge in [-0.25, -0.2) is 0 Å². The monoisotopic (exact) mass is 286 g/mol. The van der Waals surface area contributed by atoms with E-state index < -0.39 is 0 Å². The van der Waals surface area contributed by atoms with E-state index in [4.69, 9.17) is 0 Å². The van der Waals surface area contributed by atoms with Crippen molar-refractivity contribution < 1.29 is 0 Å². The van der Waals surface area contributed by atoms with E-state index in [1.807, 2.05) is 0 Å². The van der Waals surface area contributed by atoms with Crippen LogP contribution in [0.3, 0.4) is 0 Å². The lowest BCUT2D eigenvalue weighted by Crippen LogP contribution is -1.88. The average molecular weight is 287 g/mol. The highest BCUT2D eigenvalue weighted by molar-refractivity contribution is 9.10. The van der Waals surface area contributed by atoms with Crippen molar-refractivity contribution in [2.75, 3.05) is 0 Å². The molecule has 0 unspecified atom stereocenters. The van der Waals surface area contributed by atoms with Gasteiger partial charge in [0, 0.05) is 4.47 Å². The second-order valence-electron chi connectivity index (χ2n) is 4.71. The SMILES string of the molecule is CCCC1=Cc2cc3ccccc3c(Br)c2C1. The molecule has 0 amide bonds. The number of rotatable bonds is 2. The minimum Gasteiger partial charge on any atom is -0.0652 e. The van der Waals surface area contributed by atoms with E-state index in [1.54, 1.807) is 5.57 Å². The van der Waals surface area contributed by atoms with Gasteiger partial charge in [-0.3, -0.25) is 0 Å². The fraction of sp³-hybridized carbons (Fsp3) is 0.250. The van der Waals surface area contributed by atoms with Crippen LogP contribution in [0.4, 0.5) is 0 Å². The van der Waals surface area contributed by atoms with E-state index >= 15 is 0 Å². The summed E-state index contributed by atoms with van der Waals surface area (Å²) in [5, 5.41) is 2.66. The first kappa shape index (κ1) is 11.0. The quantitative estimate of drug-likeness (QED) is 0.699. The van der Waals surface area contributed by atoms with Crippen molar-refractivity contribution in [2.24, 2.45) is 0 Å². The van der Waals surface area contributed by atoms with Crippen LogP contribution in [-0.2, 0) is 6.42 Å². The Labute approximate surface area is 110 Å². The topological polar surface area (TPSA) is 0 Å². The van der Waals surface area contributed by atoms with Crippen LogP contribution >= 0.6 is 15.9 Å². The molecule has 1 aliphatic rings. The lowest BCUT2D eigenvalue weighted by atomic mass is 10.0. The largest absolute Gasteiger partial charge is 0.0652 e. The van der Waals surface area contributed by atoms with Crippen LogP contribution in [0.2, 0.25) is 0 Å². The lowest BCUT2D eigenvalue weighted by molar-refractivity contribution is 0.886. The molecular weight excluding hydrogens is 272 g/mol. The van der Waals surface area contributed by atoms with Crippen molar-refractivity contribution in [3.63, 3.8) is 0 Å². The minimum absolute atomic E-state index is 1.12. The Morgan fingerprint density at radius 1 is 1.24 bits per heavy atom. The smallest absolute Gasteiger partial charge is 0.0294 e. The average Bonchev–Trinajstić information content (AvgIpc) is 2.73. The highest BCUT2D eigenvalue weighted by atomic mass is 79.9. The van der Waals surface area contributed by atoms with Crippen molar-refractivity contribution in [3.8, 4) is 0 Å². The zero-order valence-corrected chi connectivity index (χ0v) is 11.5. The Bertz CT molecular complexity index is 608. The van der Waals surface area contributed by atoms with E-state index in [0.29, 0.717) is 0 Å². The number of allylic oxidation sites excluding steroid dienone is 1. The van der Waals surface area contributed by atoms with Gasteiger partial charge in [-0.15, -0.1) is 0 Å². The molecule has 0 nitrogen and oxygen atoms in total. The van der Waals surface area contributed by atoms with Crippen molar-refractivity contribution in [1.29, 1.82) is 0 Å². The van der Waals surface area contributed by atoms with Gasteiger partial charge in [0.15, 0.2) is 0 Å². The molecule has 0 saturated carbocycles. The fourth-order valence-electron chi connectivity index (χ4n) is 2.65. The summed E-state index contributed by atoms with van der Waals surface area (Å²) >= 11 is 3.78. The Balaban J connectivity index is 2.17. The van der Waals surface area contributed by atoms with E-state index in [-0.39, 0.29) is 0 Å². The number of benzene rings is 2. The van der Waals surface area contributed by atoms with Gasteiger partial charge in [-0.1, -0.05) is 49.3 Å². The van der Waals surface area contributed by atoms with Crippen molar-refractivity contribution in [2.45, 2.75) is 26.2 Å². The van der Waals surface area contributed by atoms with E-state index in [2.05, 4.69) is 59.3 Å². The highest BCUT2D eigenvalue weighted by Crippen LogP contribution is 2.37. The van der Waals surface area contributed by atoms with Crippen LogP contribution in [0.1, 0.15) is 30.9 Å². The third-order valence-corrected chi connectivity index (χ3v) is 4.36. The van der Waals surface area contributed by atoms with Crippen LogP contribution in [0.15, 0.2) is 40.4 Å². The molecule has 17 heavy (non-hydrogen) atoms. The summed E-state index contributed by atoms with van der Waals surface area (Å²) < 4.78 is 1.29. The Morgan fingerprint density at radius 3 is 2.88 bits per heavy atom. The molecule has 0 heterocycles. The number of hydrogen-bond donors (Lipinski definition) is 0. The van der Waals surface area contributed by atoms with E-state index in [9.17, 15) is 0 Å². The third kappa shape index (κ3) is 1.83. The molecule has 2 aromatic rings. The molecule has 3 rings (SSSR count). The maximum Gasteiger partial charge on any atom is 0.0294 e. The summed E-state index contributed by atoms with van der Waals surface area (Å²) in [5.41, 5.74) is 4.43. The van der Waals surface area contributed by atoms with Gasteiger partial charge in [0.25, 0.3) is 0 Å². The van der Waals surface area contributed by atoms with Gasteiger partial charge in [0.05, 0.1) is 0 Å². The van der Waals surface area contributed by atoms with Crippen molar-refractivity contribution in [3.05, 3.63) is 51.5 Å². The molecule has 0 aromatic heterocycles. The zero-order chi connectivity index (χ0) is 11.8. The first-order valence-corrected chi connectivity index (χ1v) is 6.98. The predicted molar refractivity (Wildman–Crippen MR) is 78.2 cm³/mol. The van der Waals surface area contributed by atoms with E-state index in [1.165, 1.54) is 39.2 Å².